The van der Waals surface area contributed by atoms with Crippen LogP contribution in [0.25, 0.3) is 0 Å². The first-order valence-corrected chi connectivity index (χ1v) is 4.69. The zero-order chi connectivity index (χ0) is 9.83. The van der Waals surface area contributed by atoms with Crippen LogP contribution in [0.1, 0.15) is 41.0 Å². The van der Waals surface area contributed by atoms with Crippen LogP contribution in [-0.4, -0.2) is 23.8 Å². The molecule has 0 aliphatic rings. The number of nitrogens with one attached hydrogen (secondary N) is 1. The summed E-state index contributed by atoms with van der Waals surface area (Å²) in [6.45, 7) is 11.9. The number of hydrogen-bond donors (Lipinski definition) is 2. The third-order valence-corrected chi connectivity index (χ3v) is 2.00. The van der Waals surface area contributed by atoms with E-state index in [4.69, 9.17) is 5.11 Å². The summed E-state index contributed by atoms with van der Waals surface area (Å²) in [7, 11) is 0. The molecule has 0 aromatic heterocycles. The quantitative estimate of drug-likeness (QED) is 0.664. The van der Waals surface area contributed by atoms with Gasteiger partial charge in [-0.25, -0.2) is 0 Å². The Morgan fingerprint density at radius 3 is 2.00 bits per heavy atom. The maximum atomic E-state index is 9.10. The lowest BCUT2D eigenvalue weighted by atomic mass is 9.81. The second-order valence-corrected chi connectivity index (χ2v) is 4.91. The molecular formula is C10H23NO. The molecule has 74 valence electrons. The van der Waals surface area contributed by atoms with Crippen molar-refractivity contribution < 1.29 is 5.11 Å². The summed E-state index contributed by atoms with van der Waals surface area (Å²) in [4.78, 5) is 0. The molecule has 0 aromatic carbocycles. The molecule has 2 N–H and O–H groups in total. The van der Waals surface area contributed by atoms with Gasteiger partial charge in [0.25, 0.3) is 0 Å². The van der Waals surface area contributed by atoms with Gasteiger partial charge < -0.3 is 10.4 Å². The van der Waals surface area contributed by atoms with Crippen LogP contribution in [0, 0.1) is 5.41 Å². The van der Waals surface area contributed by atoms with E-state index in [1.54, 1.807) is 0 Å². The standard InChI is InChI=1S/C10H23NO/c1-6-11-10(4,5)7-9(2,3)8-12/h11-12H,6-8H2,1-5H3. The fourth-order valence-electron chi connectivity index (χ4n) is 1.79. The van der Waals surface area contributed by atoms with Crippen molar-refractivity contribution in [1.82, 2.24) is 5.32 Å². The van der Waals surface area contributed by atoms with Crippen molar-refractivity contribution in [2.45, 2.75) is 46.6 Å². The van der Waals surface area contributed by atoms with Crippen LogP contribution in [0.3, 0.4) is 0 Å². The summed E-state index contributed by atoms with van der Waals surface area (Å²) >= 11 is 0. The summed E-state index contributed by atoms with van der Waals surface area (Å²) in [6.07, 6.45) is 0.990. The maximum absolute atomic E-state index is 9.10. The maximum Gasteiger partial charge on any atom is 0.0482 e. The van der Waals surface area contributed by atoms with Gasteiger partial charge in [0.15, 0.2) is 0 Å². The molecule has 0 unspecified atom stereocenters. The number of hydrogen-bond acceptors (Lipinski definition) is 2. The Balaban J connectivity index is 4.04. The monoisotopic (exact) mass is 173 g/mol. The van der Waals surface area contributed by atoms with Crippen molar-refractivity contribution in [3.8, 4) is 0 Å². The lowest BCUT2D eigenvalue weighted by Gasteiger charge is -2.34. The highest BCUT2D eigenvalue weighted by molar-refractivity contribution is 4.84. The van der Waals surface area contributed by atoms with Gasteiger partial charge in [-0.05, 0) is 32.2 Å². The largest absolute Gasteiger partial charge is 0.396 e. The molecule has 12 heavy (non-hydrogen) atoms. The van der Waals surface area contributed by atoms with Gasteiger partial charge in [0.1, 0.15) is 0 Å². The fraction of sp³-hybridized carbons (Fsp3) is 1.00. The molecule has 0 amide bonds. The fourth-order valence-corrected chi connectivity index (χ4v) is 1.79. The van der Waals surface area contributed by atoms with Crippen molar-refractivity contribution in [3.05, 3.63) is 0 Å². The molecule has 2 nitrogen and oxygen atoms in total. The predicted octanol–water partition coefficient (Wildman–Crippen LogP) is 1.78. The Hall–Kier alpha value is -0.0800. The van der Waals surface area contributed by atoms with E-state index in [1.165, 1.54) is 0 Å². The Kier molecular flexibility index (Phi) is 4.21. The molecule has 0 bridgehead atoms. The van der Waals surface area contributed by atoms with Gasteiger partial charge in [0.05, 0.1) is 0 Å². The van der Waals surface area contributed by atoms with Crippen molar-refractivity contribution in [1.29, 1.82) is 0 Å². The third-order valence-electron chi connectivity index (χ3n) is 2.00. The second kappa shape index (κ2) is 4.24. The molecule has 0 fully saturated rings. The van der Waals surface area contributed by atoms with E-state index < -0.39 is 0 Å². The van der Waals surface area contributed by atoms with Crippen LogP contribution >= 0.6 is 0 Å². The Morgan fingerprint density at radius 1 is 1.17 bits per heavy atom. The zero-order valence-electron chi connectivity index (χ0n) is 9.07. The van der Waals surface area contributed by atoms with E-state index >= 15 is 0 Å². The van der Waals surface area contributed by atoms with Gasteiger partial charge in [-0.1, -0.05) is 20.8 Å². The minimum atomic E-state index is 0.0195. The van der Waals surface area contributed by atoms with E-state index in [1.807, 2.05) is 0 Å². The minimum Gasteiger partial charge on any atom is -0.396 e. The number of aliphatic hydroxyl groups excluding tert-OH is 1. The van der Waals surface area contributed by atoms with Crippen LogP contribution in [-0.2, 0) is 0 Å². The van der Waals surface area contributed by atoms with Gasteiger partial charge in [0.2, 0.25) is 0 Å². The van der Waals surface area contributed by atoms with Gasteiger partial charge >= 0.3 is 0 Å². The number of aliphatic hydroxyl groups is 1. The van der Waals surface area contributed by atoms with Crippen molar-refractivity contribution in [2.24, 2.45) is 5.41 Å². The average Bonchev–Trinajstić information content (AvgIpc) is 1.85. The molecule has 0 radical (unpaired) electrons. The van der Waals surface area contributed by atoms with Gasteiger partial charge in [-0.15, -0.1) is 0 Å². The van der Waals surface area contributed by atoms with E-state index in [0.29, 0.717) is 0 Å². The molecule has 0 atom stereocenters. The van der Waals surface area contributed by atoms with Crippen molar-refractivity contribution in [3.63, 3.8) is 0 Å². The smallest absolute Gasteiger partial charge is 0.0482 e. The summed E-state index contributed by atoms with van der Waals surface area (Å²) in [5, 5.41) is 12.5. The van der Waals surface area contributed by atoms with Crippen LogP contribution in [0.5, 0.6) is 0 Å². The Labute approximate surface area is 76.4 Å². The first-order chi connectivity index (χ1) is 5.33. The van der Waals surface area contributed by atoms with Crippen LogP contribution in [0.4, 0.5) is 0 Å². The third kappa shape index (κ3) is 4.73. The molecule has 0 aromatic rings. The summed E-state index contributed by atoms with van der Waals surface area (Å²) in [5.41, 5.74) is 0.145. The van der Waals surface area contributed by atoms with Crippen LogP contribution in [0.2, 0.25) is 0 Å². The van der Waals surface area contributed by atoms with Crippen molar-refractivity contribution in [2.75, 3.05) is 13.2 Å². The number of rotatable bonds is 5. The van der Waals surface area contributed by atoms with E-state index in [9.17, 15) is 0 Å². The van der Waals surface area contributed by atoms with Gasteiger partial charge in [-0.2, -0.15) is 0 Å². The summed E-state index contributed by atoms with van der Waals surface area (Å²) < 4.78 is 0. The molecule has 0 rings (SSSR count). The topological polar surface area (TPSA) is 32.3 Å². The average molecular weight is 173 g/mol. The molecule has 0 heterocycles. The van der Waals surface area contributed by atoms with Crippen LogP contribution in [0.15, 0.2) is 0 Å². The summed E-state index contributed by atoms with van der Waals surface area (Å²) in [5.74, 6) is 0. The SMILES string of the molecule is CCNC(C)(C)CC(C)(C)CO. The first-order valence-electron chi connectivity index (χ1n) is 4.69. The second-order valence-electron chi connectivity index (χ2n) is 4.91. The highest BCUT2D eigenvalue weighted by Crippen LogP contribution is 2.26. The molecule has 0 spiro atoms. The van der Waals surface area contributed by atoms with E-state index in [2.05, 4.69) is 39.9 Å². The molecule has 0 aliphatic carbocycles. The minimum absolute atomic E-state index is 0.0195. The lowest BCUT2D eigenvalue weighted by Crippen LogP contribution is -2.43. The zero-order valence-corrected chi connectivity index (χ0v) is 9.07. The van der Waals surface area contributed by atoms with E-state index in [-0.39, 0.29) is 17.6 Å². The normalized spacial score (nSPS) is 13.5. The molecular weight excluding hydrogens is 150 g/mol. The van der Waals surface area contributed by atoms with Crippen molar-refractivity contribution >= 4 is 0 Å². The summed E-state index contributed by atoms with van der Waals surface area (Å²) in [6, 6.07) is 0. The predicted molar refractivity (Wildman–Crippen MR) is 53.2 cm³/mol. The van der Waals surface area contributed by atoms with Crippen LogP contribution < -0.4 is 5.32 Å². The van der Waals surface area contributed by atoms with Gasteiger partial charge in [0, 0.05) is 12.1 Å². The Morgan fingerprint density at radius 2 is 1.67 bits per heavy atom. The lowest BCUT2D eigenvalue weighted by molar-refractivity contribution is 0.118. The van der Waals surface area contributed by atoms with Gasteiger partial charge in [-0.3, -0.25) is 0 Å². The molecule has 0 saturated heterocycles. The molecule has 0 saturated carbocycles. The Bertz CT molecular complexity index is 130. The highest BCUT2D eigenvalue weighted by atomic mass is 16.3. The van der Waals surface area contributed by atoms with E-state index in [0.717, 1.165) is 13.0 Å². The molecule has 0 aliphatic heterocycles. The first kappa shape index (κ1) is 11.9. The molecule has 2 heteroatoms. The highest BCUT2D eigenvalue weighted by Gasteiger charge is 2.27.